The molecule has 0 spiro atoms. The highest BCUT2D eigenvalue weighted by Crippen LogP contribution is 2.17. The van der Waals surface area contributed by atoms with Crippen molar-refractivity contribution in [3.05, 3.63) is 0 Å². The Bertz CT molecular complexity index is 363. The molecule has 0 bridgehead atoms. The molecule has 0 radical (unpaired) electrons. The fourth-order valence-corrected chi connectivity index (χ4v) is 2.83. The third-order valence-corrected chi connectivity index (χ3v) is 4.07. The van der Waals surface area contributed by atoms with Crippen LogP contribution in [0.5, 0.6) is 0 Å². The number of carbonyl (C=O) groups is 2. The molecule has 0 aromatic heterocycles. The zero-order valence-electron chi connectivity index (χ0n) is 16.3. The summed E-state index contributed by atoms with van der Waals surface area (Å²) in [5.74, 6) is -0.771. The summed E-state index contributed by atoms with van der Waals surface area (Å²) in [6, 6.07) is 0. The van der Waals surface area contributed by atoms with Crippen molar-refractivity contribution in [3.63, 3.8) is 0 Å². The number of hydrogen-bond acceptors (Lipinski definition) is 4. The van der Waals surface area contributed by atoms with Gasteiger partial charge in [0.2, 0.25) is 0 Å². The van der Waals surface area contributed by atoms with Crippen LogP contribution >= 0.6 is 0 Å². The topological polar surface area (TPSA) is 66.4 Å². The number of likely N-dealkylation sites (N-methyl/N-ethyl adjacent to an activating group) is 1. The van der Waals surface area contributed by atoms with E-state index < -0.39 is 12.1 Å². The Hall–Kier alpha value is -1.10. The highest BCUT2D eigenvalue weighted by atomic mass is 16.5. The molecule has 0 N–H and O–H groups in total. The van der Waals surface area contributed by atoms with E-state index in [1.54, 1.807) is 0 Å². The molecule has 0 amide bonds. The normalized spacial score (nSPS) is 14.2. The van der Waals surface area contributed by atoms with E-state index in [1.807, 2.05) is 21.1 Å². The van der Waals surface area contributed by atoms with Crippen molar-refractivity contribution in [2.24, 2.45) is 5.92 Å². The van der Waals surface area contributed by atoms with Crippen LogP contribution < -0.4 is 5.11 Å². The zero-order chi connectivity index (χ0) is 18.6. The van der Waals surface area contributed by atoms with E-state index in [-0.39, 0.29) is 12.4 Å². The van der Waals surface area contributed by atoms with Crippen molar-refractivity contribution in [1.29, 1.82) is 0 Å². The zero-order valence-corrected chi connectivity index (χ0v) is 16.3. The number of rotatable bonds is 14. The molecular weight excluding hydrogens is 306 g/mol. The molecule has 142 valence electrons. The number of carbonyl (C=O) groups excluding carboxylic acids is 2. The van der Waals surface area contributed by atoms with Gasteiger partial charge in [-0.15, -0.1) is 0 Å². The van der Waals surface area contributed by atoms with Crippen molar-refractivity contribution >= 4 is 11.9 Å². The summed E-state index contributed by atoms with van der Waals surface area (Å²) in [6.45, 7) is 4.95. The molecule has 0 aliphatic heterocycles. The van der Waals surface area contributed by atoms with Gasteiger partial charge in [-0.2, -0.15) is 0 Å². The number of unbranched alkanes of at least 4 members (excludes halogenated alkanes) is 3. The highest BCUT2D eigenvalue weighted by Gasteiger charge is 2.22. The smallest absolute Gasteiger partial charge is 0.306 e. The lowest BCUT2D eigenvalue weighted by molar-refractivity contribution is -0.873. The SMILES string of the molecule is CCCCCC(C)CCCCC(=O)OC(CC(=O)[O-])C[N+](C)(C)C. The fraction of sp³-hybridized carbons (Fsp3) is 0.895. The van der Waals surface area contributed by atoms with Gasteiger partial charge in [-0.3, -0.25) is 4.79 Å². The Kier molecular flexibility index (Phi) is 11.7. The van der Waals surface area contributed by atoms with Crippen LogP contribution in [0.4, 0.5) is 0 Å². The summed E-state index contributed by atoms with van der Waals surface area (Å²) >= 11 is 0. The largest absolute Gasteiger partial charge is 0.550 e. The minimum absolute atomic E-state index is 0.240. The van der Waals surface area contributed by atoms with Crippen LogP contribution in [0.25, 0.3) is 0 Å². The Morgan fingerprint density at radius 2 is 1.62 bits per heavy atom. The van der Waals surface area contributed by atoms with E-state index in [2.05, 4.69) is 13.8 Å². The molecule has 0 heterocycles. The van der Waals surface area contributed by atoms with E-state index in [0.29, 0.717) is 23.4 Å². The van der Waals surface area contributed by atoms with Crippen molar-refractivity contribution < 1.29 is 23.9 Å². The first-order valence-corrected chi connectivity index (χ1v) is 9.33. The Labute approximate surface area is 148 Å². The molecule has 0 saturated heterocycles. The minimum Gasteiger partial charge on any atom is -0.550 e. The Balaban J connectivity index is 4.01. The number of nitrogens with zero attached hydrogens (tertiary/aromatic N) is 1. The molecule has 5 heteroatoms. The molecule has 0 aliphatic rings. The van der Waals surface area contributed by atoms with Crippen LogP contribution in [-0.4, -0.2) is 50.2 Å². The third kappa shape index (κ3) is 14.5. The standard InChI is InChI=1S/C19H37NO4/c1-6-7-8-11-16(2)12-9-10-13-19(23)24-17(14-18(21)22)15-20(3,4)5/h16-17H,6-15H2,1-5H3. The van der Waals surface area contributed by atoms with Crippen LogP contribution in [0.1, 0.15) is 71.6 Å². The quantitative estimate of drug-likeness (QED) is 0.276. The molecular formula is C19H37NO4. The van der Waals surface area contributed by atoms with Gasteiger partial charge in [0, 0.05) is 18.8 Å². The van der Waals surface area contributed by atoms with Crippen molar-refractivity contribution in [3.8, 4) is 0 Å². The van der Waals surface area contributed by atoms with Gasteiger partial charge < -0.3 is 19.1 Å². The summed E-state index contributed by atoms with van der Waals surface area (Å²) in [4.78, 5) is 22.7. The lowest BCUT2D eigenvalue weighted by Gasteiger charge is -2.29. The van der Waals surface area contributed by atoms with Crippen LogP contribution in [0.15, 0.2) is 0 Å². The summed E-state index contributed by atoms with van der Waals surface area (Å²) < 4.78 is 5.89. The molecule has 0 fully saturated rings. The summed E-state index contributed by atoms with van der Waals surface area (Å²) in [6.07, 6.45) is 7.56. The first-order chi connectivity index (χ1) is 11.1. The van der Waals surface area contributed by atoms with Crippen LogP contribution in [0.2, 0.25) is 0 Å². The van der Waals surface area contributed by atoms with Gasteiger partial charge in [0.25, 0.3) is 0 Å². The number of quaternary nitrogens is 1. The van der Waals surface area contributed by atoms with Gasteiger partial charge in [0.05, 0.1) is 21.1 Å². The van der Waals surface area contributed by atoms with Gasteiger partial charge in [-0.1, -0.05) is 52.4 Å². The number of aliphatic carboxylic acids is 1. The van der Waals surface area contributed by atoms with Crippen LogP contribution in [0.3, 0.4) is 0 Å². The predicted octanol–water partition coefficient (Wildman–Crippen LogP) is 2.52. The first kappa shape index (κ1) is 22.9. The van der Waals surface area contributed by atoms with Gasteiger partial charge in [-0.25, -0.2) is 0 Å². The summed E-state index contributed by atoms with van der Waals surface area (Å²) in [5, 5.41) is 10.8. The fourth-order valence-electron chi connectivity index (χ4n) is 2.83. The van der Waals surface area contributed by atoms with E-state index in [0.717, 1.165) is 19.3 Å². The van der Waals surface area contributed by atoms with Gasteiger partial charge in [0.1, 0.15) is 6.54 Å². The maximum absolute atomic E-state index is 11.9. The summed E-state index contributed by atoms with van der Waals surface area (Å²) in [7, 11) is 5.82. The molecule has 24 heavy (non-hydrogen) atoms. The molecule has 0 aliphatic carbocycles. The number of ether oxygens (including phenoxy) is 1. The van der Waals surface area contributed by atoms with E-state index in [9.17, 15) is 14.7 Å². The molecule has 0 rings (SSSR count). The van der Waals surface area contributed by atoms with Gasteiger partial charge in [-0.05, 0) is 12.3 Å². The van der Waals surface area contributed by atoms with Gasteiger partial charge in [0.15, 0.2) is 6.10 Å². The Morgan fingerprint density at radius 3 is 2.12 bits per heavy atom. The number of carboxylic acid groups (broad SMARTS) is 1. The molecule has 0 aromatic rings. The number of carboxylic acids is 1. The first-order valence-electron chi connectivity index (χ1n) is 9.33. The maximum Gasteiger partial charge on any atom is 0.306 e. The van der Waals surface area contributed by atoms with Gasteiger partial charge >= 0.3 is 5.97 Å². The van der Waals surface area contributed by atoms with Crippen molar-refractivity contribution in [2.45, 2.75) is 77.7 Å². The second kappa shape index (κ2) is 12.3. The lowest BCUT2D eigenvalue weighted by Crippen LogP contribution is -2.45. The van der Waals surface area contributed by atoms with Crippen LogP contribution in [0, 0.1) is 5.92 Å². The second-order valence-corrected chi connectivity index (χ2v) is 8.01. The number of esters is 1. The highest BCUT2D eigenvalue weighted by molar-refractivity contribution is 5.70. The monoisotopic (exact) mass is 343 g/mol. The predicted molar refractivity (Wildman–Crippen MR) is 94.2 cm³/mol. The average molecular weight is 344 g/mol. The summed E-state index contributed by atoms with van der Waals surface area (Å²) in [5.41, 5.74) is 0. The Morgan fingerprint density at radius 1 is 1.04 bits per heavy atom. The van der Waals surface area contributed by atoms with Crippen LogP contribution in [-0.2, 0) is 14.3 Å². The molecule has 2 atom stereocenters. The van der Waals surface area contributed by atoms with E-state index >= 15 is 0 Å². The molecule has 0 aromatic carbocycles. The molecule has 5 nitrogen and oxygen atoms in total. The van der Waals surface area contributed by atoms with Crippen molar-refractivity contribution in [2.75, 3.05) is 27.7 Å². The second-order valence-electron chi connectivity index (χ2n) is 8.01. The van der Waals surface area contributed by atoms with Crippen molar-refractivity contribution in [1.82, 2.24) is 0 Å². The minimum atomic E-state index is -1.18. The third-order valence-electron chi connectivity index (χ3n) is 4.07. The van der Waals surface area contributed by atoms with E-state index in [4.69, 9.17) is 4.74 Å². The maximum atomic E-state index is 11.9. The lowest BCUT2D eigenvalue weighted by atomic mass is 9.97. The molecule has 0 saturated carbocycles. The average Bonchev–Trinajstić information content (AvgIpc) is 2.41. The molecule has 2 unspecified atom stereocenters. The van der Waals surface area contributed by atoms with E-state index in [1.165, 1.54) is 25.7 Å². The number of hydrogen-bond donors (Lipinski definition) is 0.